The van der Waals surface area contributed by atoms with Crippen molar-refractivity contribution in [2.45, 2.75) is 32.4 Å². The van der Waals surface area contributed by atoms with Crippen LogP contribution >= 0.6 is 0 Å². The van der Waals surface area contributed by atoms with Crippen molar-refractivity contribution >= 4 is 0 Å². The van der Waals surface area contributed by atoms with Crippen molar-refractivity contribution < 1.29 is 4.74 Å². The molecule has 0 amide bonds. The summed E-state index contributed by atoms with van der Waals surface area (Å²) in [6, 6.07) is 0. The van der Waals surface area contributed by atoms with Crippen LogP contribution in [0.15, 0.2) is 0 Å². The molecule has 54 valence electrons. The minimum absolute atomic E-state index is 0.00521. The number of ether oxygens (including phenoxy) is 1. The van der Waals surface area contributed by atoms with E-state index >= 15 is 0 Å². The Hall–Kier alpha value is -0.0800. The normalized spacial score (nSPS) is 35.3. The Balaban J connectivity index is 2.32. The smallest absolute Gasteiger partial charge is 0.116 e. The number of nitrogens with one attached hydrogen (secondary N) is 1. The summed E-state index contributed by atoms with van der Waals surface area (Å²) < 4.78 is 5.47. The average Bonchev–Trinajstić information content (AvgIpc) is 2.16. The first-order chi connectivity index (χ1) is 4.27. The van der Waals surface area contributed by atoms with Crippen LogP contribution in [0, 0.1) is 0 Å². The average molecular weight is 129 g/mol. The van der Waals surface area contributed by atoms with Gasteiger partial charge in [0.25, 0.3) is 0 Å². The monoisotopic (exact) mass is 129 g/mol. The molecule has 0 saturated carbocycles. The molecule has 1 rings (SSSR count). The number of hydrogen-bond donors (Lipinski definition) is 1. The van der Waals surface area contributed by atoms with Gasteiger partial charge in [0.05, 0.1) is 0 Å². The summed E-state index contributed by atoms with van der Waals surface area (Å²) in [5.41, 5.74) is -0.00521. The molecular formula is C7H15NO. The van der Waals surface area contributed by atoms with Gasteiger partial charge in [0.1, 0.15) is 5.72 Å². The fourth-order valence-corrected chi connectivity index (χ4v) is 1.29. The molecule has 2 heteroatoms. The molecule has 1 unspecified atom stereocenters. The summed E-state index contributed by atoms with van der Waals surface area (Å²) in [7, 11) is 0. The molecule has 0 aromatic carbocycles. The van der Waals surface area contributed by atoms with E-state index in [0.29, 0.717) is 0 Å². The maximum atomic E-state index is 5.47. The Kier molecular flexibility index (Phi) is 2.09. The van der Waals surface area contributed by atoms with Crippen molar-refractivity contribution in [2.75, 3.05) is 13.2 Å². The molecule has 0 radical (unpaired) electrons. The van der Waals surface area contributed by atoms with E-state index in [4.69, 9.17) is 4.74 Å². The lowest BCUT2D eigenvalue weighted by molar-refractivity contribution is -0.00702. The second kappa shape index (κ2) is 2.67. The zero-order chi connectivity index (χ0) is 6.74. The van der Waals surface area contributed by atoms with Crippen molar-refractivity contribution in [3.8, 4) is 0 Å². The van der Waals surface area contributed by atoms with Crippen molar-refractivity contribution in [1.29, 1.82) is 0 Å². The van der Waals surface area contributed by atoms with Crippen LogP contribution < -0.4 is 5.32 Å². The summed E-state index contributed by atoms with van der Waals surface area (Å²) in [6.45, 7) is 6.14. The van der Waals surface area contributed by atoms with Crippen LogP contribution in [-0.4, -0.2) is 18.9 Å². The van der Waals surface area contributed by atoms with Crippen LogP contribution in [0.2, 0.25) is 0 Å². The lowest BCUT2D eigenvalue weighted by Crippen LogP contribution is -2.41. The molecule has 0 bridgehead atoms. The lowest BCUT2D eigenvalue weighted by atomic mass is 10.2. The highest BCUT2D eigenvalue weighted by Crippen LogP contribution is 2.21. The van der Waals surface area contributed by atoms with Crippen molar-refractivity contribution in [3.05, 3.63) is 0 Å². The van der Waals surface area contributed by atoms with Gasteiger partial charge in [-0.15, -0.1) is 0 Å². The molecule has 0 aliphatic carbocycles. The number of hydrogen-bond acceptors (Lipinski definition) is 2. The van der Waals surface area contributed by atoms with Gasteiger partial charge < -0.3 is 4.74 Å². The highest BCUT2D eigenvalue weighted by atomic mass is 16.5. The number of rotatable bonds is 2. The van der Waals surface area contributed by atoms with Crippen molar-refractivity contribution in [2.24, 2.45) is 0 Å². The summed E-state index contributed by atoms with van der Waals surface area (Å²) in [5.74, 6) is 0. The molecule has 1 aliphatic rings. The molecule has 0 aromatic heterocycles. The third-order valence-electron chi connectivity index (χ3n) is 1.77. The maximum Gasteiger partial charge on any atom is 0.116 e. The Labute approximate surface area is 56.6 Å². The predicted molar refractivity (Wildman–Crippen MR) is 37.3 cm³/mol. The van der Waals surface area contributed by atoms with Crippen LogP contribution in [0.1, 0.15) is 26.7 Å². The third kappa shape index (κ3) is 1.66. The fraction of sp³-hybridized carbons (Fsp3) is 1.00. The van der Waals surface area contributed by atoms with E-state index < -0.39 is 0 Å². The Bertz CT molecular complexity index is 86.9. The van der Waals surface area contributed by atoms with Crippen LogP contribution in [0.25, 0.3) is 0 Å². The van der Waals surface area contributed by atoms with E-state index in [1.165, 1.54) is 6.42 Å². The largest absolute Gasteiger partial charge is 0.361 e. The molecular weight excluding hydrogens is 114 g/mol. The molecule has 1 N–H and O–H groups in total. The van der Waals surface area contributed by atoms with Crippen LogP contribution in [0.5, 0.6) is 0 Å². The van der Waals surface area contributed by atoms with Crippen LogP contribution in [0.4, 0.5) is 0 Å². The van der Waals surface area contributed by atoms with Gasteiger partial charge in [0.15, 0.2) is 0 Å². The molecule has 0 spiro atoms. The predicted octanol–water partition coefficient (Wildman–Crippen LogP) is 1.12. The Morgan fingerprint density at radius 1 is 1.67 bits per heavy atom. The quantitative estimate of drug-likeness (QED) is 0.603. The Morgan fingerprint density at radius 2 is 2.44 bits per heavy atom. The first-order valence-corrected chi connectivity index (χ1v) is 3.66. The minimum Gasteiger partial charge on any atom is -0.361 e. The molecule has 1 fully saturated rings. The van der Waals surface area contributed by atoms with Crippen LogP contribution in [-0.2, 0) is 4.74 Å². The van der Waals surface area contributed by atoms with Crippen molar-refractivity contribution in [3.63, 3.8) is 0 Å². The van der Waals surface area contributed by atoms with Gasteiger partial charge in [-0.1, -0.05) is 6.92 Å². The van der Waals surface area contributed by atoms with E-state index in [9.17, 15) is 0 Å². The van der Waals surface area contributed by atoms with E-state index in [1.807, 2.05) is 0 Å². The van der Waals surface area contributed by atoms with Gasteiger partial charge >= 0.3 is 0 Å². The first kappa shape index (κ1) is 7.03. The molecule has 0 aromatic rings. The van der Waals surface area contributed by atoms with Gasteiger partial charge in [-0.25, -0.2) is 0 Å². The highest BCUT2D eigenvalue weighted by Gasteiger charge is 2.27. The van der Waals surface area contributed by atoms with E-state index in [1.54, 1.807) is 0 Å². The van der Waals surface area contributed by atoms with Gasteiger partial charge in [0.2, 0.25) is 0 Å². The summed E-state index contributed by atoms with van der Waals surface area (Å²) in [4.78, 5) is 0. The molecule has 1 aliphatic heterocycles. The van der Waals surface area contributed by atoms with E-state index in [0.717, 1.165) is 19.6 Å². The topological polar surface area (TPSA) is 21.3 Å². The van der Waals surface area contributed by atoms with Gasteiger partial charge in [-0.3, -0.25) is 5.32 Å². The minimum atomic E-state index is -0.00521. The zero-order valence-corrected chi connectivity index (χ0v) is 6.24. The molecule has 1 heterocycles. The summed E-state index contributed by atoms with van der Waals surface area (Å²) in [5, 5.41) is 3.30. The second-order valence-corrected chi connectivity index (χ2v) is 2.71. The summed E-state index contributed by atoms with van der Waals surface area (Å²) >= 11 is 0. The molecule has 9 heavy (non-hydrogen) atoms. The van der Waals surface area contributed by atoms with E-state index in [-0.39, 0.29) is 5.72 Å². The maximum absolute atomic E-state index is 5.47. The summed E-state index contributed by atoms with van der Waals surface area (Å²) in [6.07, 6.45) is 2.35. The molecule has 2 nitrogen and oxygen atoms in total. The SMILES string of the molecule is CCNC1(C)CCCO1. The van der Waals surface area contributed by atoms with Gasteiger partial charge in [-0.2, -0.15) is 0 Å². The second-order valence-electron chi connectivity index (χ2n) is 2.71. The third-order valence-corrected chi connectivity index (χ3v) is 1.77. The lowest BCUT2D eigenvalue weighted by Gasteiger charge is -2.23. The first-order valence-electron chi connectivity index (χ1n) is 3.66. The van der Waals surface area contributed by atoms with Gasteiger partial charge in [0, 0.05) is 6.61 Å². The molecule has 1 saturated heterocycles. The standard InChI is InChI=1S/C7H15NO/c1-3-8-7(2)5-4-6-9-7/h8H,3-6H2,1-2H3. The van der Waals surface area contributed by atoms with Crippen LogP contribution in [0.3, 0.4) is 0 Å². The molecule has 1 atom stereocenters. The fourth-order valence-electron chi connectivity index (χ4n) is 1.29. The zero-order valence-electron chi connectivity index (χ0n) is 6.24. The highest BCUT2D eigenvalue weighted by molar-refractivity contribution is 4.76. The Morgan fingerprint density at radius 3 is 2.89 bits per heavy atom. The van der Waals surface area contributed by atoms with Crippen molar-refractivity contribution in [1.82, 2.24) is 5.32 Å². The van der Waals surface area contributed by atoms with E-state index in [2.05, 4.69) is 19.2 Å². The van der Waals surface area contributed by atoms with Gasteiger partial charge in [-0.05, 0) is 26.3 Å².